The Hall–Kier alpha value is -3.21. The Morgan fingerprint density at radius 3 is 2.36 bits per heavy atom. The van der Waals surface area contributed by atoms with Crippen molar-refractivity contribution in [2.45, 2.75) is 33.6 Å². The van der Waals surface area contributed by atoms with Gasteiger partial charge in [-0.3, -0.25) is 10.2 Å². The van der Waals surface area contributed by atoms with Crippen LogP contribution in [0.3, 0.4) is 0 Å². The van der Waals surface area contributed by atoms with Crippen LogP contribution in [0.25, 0.3) is 5.70 Å². The van der Waals surface area contributed by atoms with E-state index in [0.717, 1.165) is 11.1 Å². The summed E-state index contributed by atoms with van der Waals surface area (Å²) in [6, 6.07) is 16.5. The van der Waals surface area contributed by atoms with Crippen molar-refractivity contribution in [3.05, 3.63) is 71.8 Å². The Bertz CT molecular complexity index is 866. The van der Waals surface area contributed by atoms with Crippen molar-refractivity contribution >= 4 is 23.2 Å². The number of phenolic OH excluding ortho intramolecular Hbond substituents is 1. The molecule has 0 saturated carbocycles. The number of amidine groups is 1. The molecular formula is C23H27N3O2. The highest BCUT2D eigenvalue weighted by Gasteiger charge is 2.14. The third kappa shape index (κ3) is 6.50. The standard InChI is InChI=1S/C23H27N3O2/c1-4-20(18-10-12-19(27)13-11-18)25-21(15-17-8-6-5-7-9-17)23(24)26-22(28)14-16(2)3/h4-13,16,27H,14-15H2,1-3H3,(H2,24,26,28)/b20-4+,25-21-. The van der Waals surface area contributed by atoms with Crippen LogP contribution in [0, 0.1) is 11.3 Å². The van der Waals surface area contributed by atoms with Gasteiger partial charge < -0.3 is 10.4 Å². The van der Waals surface area contributed by atoms with Gasteiger partial charge in [0, 0.05) is 18.4 Å². The number of aromatic hydroxyl groups is 1. The molecule has 0 spiro atoms. The first kappa shape index (κ1) is 21.1. The highest BCUT2D eigenvalue weighted by molar-refractivity contribution is 6.43. The third-order valence-electron chi connectivity index (χ3n) is 4.05. The number of carbonyl (C=O) groups is 1. The van der Waals surface area contributed by atoms with E-state index in [1.165, 1.54) is 0 Å². The summed E-state index contributed by atoms with van der Waals surface area (Å²) in [7, 11) is 0. The van der Waals surface area contributed by atoms with Crippen LogP contribution in [0.5, 0.6) is 5.75 Å². The molecule has 0 saturated heterocycles. The highest BCUT2D eigenvalue weighted by atomic mass is 16.3. The summed E-state index contributed by atoms with van der Waals surface area (Å²) in [5, 5.41) is 20.6. The zero-order valence-corrected chi connectivity index (χ0v) is 16.6. The number of carbonyl (C=O) groups excluding carboxylic acids is 1. The predicted octanol–water partition coefficient (Wildman–Crippen LogP) is 4.58. The molecule has 5 nitrogen and oxygen atoms in total. The van der Waals surface area contributed by atoms with Crippen molar-refractivity contribution < 1.29 is 9.90 Å². The number of hydrogen-bond donors (Lipinski definition) is 3. The molecule has 0 aliphatic carbocycles. The molecule has 0 unspecified atom stereocenters. The fourth-order valence-electron chi connectivity index (χ4n) is 2.68. The molecule has 0 aliphatic rings. The number of amides is 1. The molecule has 0 heterocycles. The van der Waals surface area contributed by atoms with Crippen LogP contribution in [-0.4, -0.2) is 22.6 Å². The van der Waals surface area contributed by atoms with E-state index in [9.17, 15) is 9.90 Å². The van der Waals surface area contributed by atoms with Gasteiger partial charge in [0.1, 0.15) is 11.6 Å². The molecule has 3 N–H and O–H groups in total. The Balaban J connectivity index is 2.32. The van der Waals surface area contributed by atoms with E-state index in [4.69, 9.17) is 5.41 Å². The van der Waals surface area contributed by atoms with Crippen LogP contribution in [-0.2, 0) is 11.2 Å². The molecule has 2 rings (SSSR count). The van der Waals surface area contributed by atoms with E-state index < -0.39 is 0 Å². The molecular weight excluding hydrogens is 350 g/mol. The van der Waals surface area contributed by atoms with Crippen LogP contribution in [0.15, 0.2) is 65.7 Å². The van der Waals surface area contributed by atoms with Gasteiger partial charge in [-0.15, -0.1) is 0 Å². The quantitative estimate of drug-likeness (QED) is 0.487. The first-order valence-electron chi connectivity index (χ1n) is 9.35. The minimum absolute atomic E-state index is 0.00707. The second-order valence-corrected chi connectivity index (χ2v) is 6.96. The summed E-state index contributed by atoms with van der Waals surface area (Å²) in [5.74, 6) is 0.215. The van der Waals surface area contributed by atoms with Gasteiger partial charge in [-0.05, 0) is 42.7 Å². The summed E-state index contributed by atoms with van der Waals surface area (Å²) in [6.45, 7) is 5.79. The van der Waals surface area contributed by atoms with Crippen molar-refractivity contribution in [1.29, 1.82) is 5.41 Å². The first-order chi connectivity index (χ1) is 13.4. The SMILES string of the molecule is C/C=C(/N=C(/Cc1ccccc1)C(=N)NC(=O)CC(C)C)c1ccc(O)cc1. The lowest BCUT2D eigenvalue weighted by Crippen LogP contribution is -2.37. The van der Waals surface area contributed by atoms with Gasteiger partial charge in [0.25, 0.3) is 0 Å². The van der Waals surface area contributed by atoms with Crippen LogP contribution in [0.1, 0.15) is 38.3 Å². The minimum Gasteiger partial charge on any atom is -0.508 e. The molecule has 2 aromatic carbocycles. The first-order valence-corrected chi connectivity index (χ1v) is 9.35. The summed E-state index contributed by atoms with van der Waals surface area (Å²) < 4.78 is 0. The van der Waals surface area contributed by atoms with Crippen molar-refractivity contribution in [2.24, 2.45) is 10.9 Å². The van der Waals surface area contributed by atoms with E-state index in [1.54, 1.807) is 24.3 Å². The Kier molecular flexibility index (Phi) is 7.69. The van der Waals surface area contributed by atoms with Crippen molar-refractivity contribution in [3.8, 4) is 5.75 Å². The van der Waals surface area contributed by atoms with E-state index >= 15 is 0 Å². The molecule has 0 radical (unpaired) electrons. The third-order valence-corrected chi connectivity index (χ3v) is 4.05. The summed E-state index contributed by atoms with van der Waals surface area (Å²) in [5.41, 5.74) is 2.98. The highest BCUT2D eigenvalue weighted by Crippen LogP contribution is 2.20. The van der Waals surface area contributed by atoms with Crippen LogP contribution < -0.4 is 5.32 Å². The predicted molar refractivity (Wildman–Crippen MR) is 115 cm³/mol. The van der Waals surface area contributed by atoms with E-state index in [1.807, 2.05) is 57.2 Å². The van der Waals surface area contributed by atoms with Gasteiger partial charge in [-0.1, -0.05) is 50.3 Å². The molecule has 0 aliphatic heterocycles. The van der Waals surface area contributed by atoms with Gasteiger partial charge in [-0.25, -0.2) is 4.99 Å². The van der Waals surface area contributed by atoms with Gasteiger partial charge in [0.15, 0.2) is 0 Å². The van der Waals surface area contributed by atoms with Crippen LogP contribution in [0.4, 0.5) is 0 Å². The number of phenols is 1. The molecule has 0 aromatic heterocycles. The fourth-order valence-corrected chi connectivity index (χ4v) is 2.68. The van der Waals surface area contributed by atoms with Crippen molar-refractivity contribution in [1.82, 2.24) is 5.32 Å². The average Bonchev–Trinajstić information content (AvgIpc) is 2.66. The lowest BCUT2D eigenvalue weighted by atomic mass is 10.1. The lowest BCUT2D eigenvalue weighted by Gasteiger charge is -2.13. The van der Waals surface area contributed by atoms with E-state index in [2.05, 4.69) is 10.3 Å². The number of nitrogens with one attached hydrogen (secondary N) is 2. The molecule has 5 heteroatoms. The second kappa shape index (κ2) is 10.2. The van der Waals surface area contributed by atoms with Gasteiger partial charge >= 0.3 is 0 Å². The molecule has 0 atom stereocenters. The van der Waals surface area contributed by atoms with Crippen molar-refractivity contribution in [3.63, 3.8) is 0 Å². The average molecular weight is 377 g/mol. The van der Waals surface area contributed by atoms with Gasteiger partial charge in [-0.2, -0.15) is 0 Å². The second-order valence-electron chi connectivity index (χ2n) is 6.96. The zero-order chi connectivity index (χ0) is 20.5. The molecule has 0 fully saturated rings. The maximum Gasteiger partial charge on any atom is 0.225 e. The topological polar surface area (TPSA) is 85.5 Å². The zero-order valence-electron chi connectivity index (χ0n) is 16.6. The largest absolute Gasteiger partial charge is 0.508 e. The fraction of sp³-hybridized carbons (Fsp3) is 0.261. The van der Waals surface area contributed by atoms with Gasteiger partial charge in [0.05, 0.1) is 11.4 Å². The summed E-state index contributed by atoms with van der Waals surface area (Å²) in [4.78, 5) is 16.8. The maximum atomic E-state index is 12.1. The number of rotatable bonds is 7. The molecule has 1 amide bonds. The summed E-state index contributed by atoms with van der Waals surface area (Å²) >= 11 is 0. The van der Waals surface area contributed by atoms with Gasteiger partial charge in [0.2, 0.25) is 5.91 Å². The Morgan fingerprint density at radius 1 is 1.14 bits per heavy atom. The lowest BCUT2D eigenvalue weighted by molar-refractivity contribution is -0.120. The number of nitrogens with zero attached hydrogens (tertiary/aromatic N) is 1. The Morgan fingerprint density at radius 2 is 1.79 bits per heavy atom. The number of aliphatic imine (C=N–C) groups is 1. The van der Waals surface area contributed by atoms with E-state index in [0.29, 0.717) is 24.3 Å². The number of allylic oxidation sites excluding steroid dienone is 1. The molecule has 0 bridgehead atoms. The molecule has 28 heavy (non-hydrogen) atoms. The molecule has 146 valence electrons. The molecule has 2 aromatic rings. The summed E-state index contributed by atoms with van der Waals surface area (Å²) in [6.07, 6.45) is 2.63. The number of benzene rings is 2. The monoisotopic (exact) mass is 377 g/mol. The smallest absolute Gasteiger partial charge is 0.225 e. The maximum absolute atomic E-state index is 12.1. The van der Waals surface area contributed by atoms with E-state index in [-0.39, 0.29) is 23.4 Å². The Labute approximate surface area is 166 Å². The number of hydrogen-bond acceptors (Lipinski definition) is 4. The van der Waals surface area contributed by atoms with Crippen molar-refractivity contribution in [2.75, 3.05) is 0 Å². The normalized spacial score (nSPS) is 12.1. The van der Waals surface area contributed by atoms with Crippen LogP contribution >= 0.6 is 0 Å². The van der Waals surface area contributed by atoms with Crippen LogP contribution in [0.2, 0.25) is 0 Å². The minimum atomic E-state index is -0.188.